The second-order valence-electron chi connectivity index (χ2n) is 7.52. The van der Waals surface area contributed by atoms with Crippen LogP contribution in [0.5, 0.6) is 0 Å². The van der Waals surface area contributed by atoms with E-state index in [0.717, 1.165) is 27.7 Å². The number of carbonyl (C=O) groups excluding carboxylic acids is 1. The molecule has 31 heavy (non-hydrogen) atoms. The van der Waals surface area contributed by atoms with Crippen LogP contribution in [0.15, 0.2) is 41.2 Å². The lowest BCUT2D eigenvalue weighted by Crippen LogP contribution is -2.37. The van der Waals surface area contributed by atoms with Crippen LogP contribution in [0.1, 0.15) is 48.7 Å². The lowest BCUT2D eigenvalue weighted by atomic mass is 10.1. The summed E-state index contributed by atoms with van der Waals surface area (Å²) in [6, 6.07) is 9.15. The van der Waals surface area contributed by atoms with Crippen molar-refractivity contribution in [3.8, 4) is 0 Å². The molecule has 1 amide bonds. The van der Waals surface area contributed by atoms with Crippen LogP contribution in [0.3, 0.4) is 0 Å². The van der Waals surface area contributed by atoms with E-state index >= 15 is 0 Å². The number of benzene rings is 2. The second kappa shape index (κ2) is 8.53. The van der Waals surface area contributed by atoms with Gasteiger partial charge in [0, 0.05) is 5.69 Å². The molecule has 3 aromatic rings. The molecule has 0 aliphatic rings. The van der Waals surface area contributed by atoms with Crippen molar-refractivity contribution in [1.29, 1.82) is 0 Å². The molecule has 1 aromatic heterocycles. The maximum absolute atomic E-state index is 13.5. The summed E-state index contributed by atoms with van der Waals surface area (Å²) in [5.74, 6) is -0.562. The van der Waals surface area contributed by atoms with E-state index in [-0.39, 0.29) is 17.5 Å². The van der Waals surface area contributed by atoms with Gasteiger partial charge in [0.05, 0.1) is 11.0 Å². The Morgan fingerprint density at radius 1 is 1.10 bits per heavy atom. The smallest absolute Gasteiger partial charge is 0.324 e. The molecule has 0 spiro atoms. The SMILES string of the molecule is CCc1ccc(NC(=O)C(CC)n2c(=O)c(C(F)(F)F)nc3cc(C)c(C)cc32)cc1. The zero-order valence-electron chi connectivity index (χ0n) is 17.8. The van der Waals surface area contributed by atoms with E-state index in [4.69, 9.17) is 0 Å². The van der Waals surface area contributed by atoms with Crippen molar-refractivity contribution in [3.05, 3.63) is 69.1 Å². The largest absolute Gasteiger partial charge is 0.438 e. The molecule has 0 saturated heterocycles. The van der Waals surface area contributed by atoms with E-state index in [1.807, 2.05) is 19.1 Å². The average molecular weight is 431 g/mol. The van der Waals surface area contributed by atoms with E-state index < -0.39 is 29.4 Å². The molecule has 8 heteroatoms. The molecule has 0 saturated carbocycles. The van der Waals surface area contributed by atoms with Crippen molar-refractivity contribution in [2.24, 2.45) is 0 Å². The van der Waals surface area contributed by atoms with Crippen LogP contribution in [-0.4, -0.2) is 15.5 Å². The normalized spacial score (nSPS) is 12.7. The number of alkyl halides is 3. The zero-order chi connectivity index (χ0) is 22.9. The minimum Gasteiger partial charge on any atom is -0.324 e. The molecule has 3 rings (SSSR count). The van der Waals surface area contributed by atoms with Gasteiger partial charge in [-0.05, 0) is 67.6 Å². The number of fused-ring (bicyclic) bond motifs is 1. The van der Waals surface area contributed by atoms with Gasteiger partial charge >= 0.3 is 6.18 Å². The van der Waals surface area contributed by atoms with Crippen molar-refractivity contribution >= 4 is 22.6 Å². The number of hydrogen-bond donors (Lipinski definition) is 1. The molecule has 1 heterocycles. The average Bonchev–Trinajstić information content (AvgIpc) is 2.71. The molecule has 0 aliphatic heterocycles. The number of amides is 1. The first kappa shape index (κ1) is 22.5. The summed E-state index contributed by atoms with van der Waals surface area (Å²) < 4.78 is 41.6. The lowest BCUT2D eigenvalue weighted by molar-refractivity contribution is -0.142. The highest BCUT2D eigenvalue weighted by molar-refractivity contribution is 5.94. The number of nitrogens with zero attached hydrogens (tertiary/aromatic N) is 2. The van der Waals surface area contributed by atoms with Gasteiger partial charge < -0.3 is 5.32 Å². The van der Waals surface area contributed by atoms with Gasteiger partial charge in [0.15, 0.2) is 0 Å². The van der Waals surface area contributed by atoms with Crippen molar-refractivity contribution in [3.63, 3.8) is 0 Å². The van der Waals surface area contributed by atoms with E-state index in [9.17, 15) is 22.8 Å². The highest BCUT2D eigenvalue weighted by Crippen LogP contribution is 2.29. The molecule has 0 bridgehead atoms. The molecule has 1 N–H and O–H groups in total. The molecule has 1 unspecified atom stereocenters. The fourth-order valence-electron chi connectivity index (χ4n) is 3.49. The Balaban J connectivity index is 2.16. The van der Waals surface area contributed by atoms with Crippen molar-refractivity contribution < 1.29 is 18.0 Å². The molecule has 0 fully saturated rings. The van der Waals surface area contributed by atoms with Crippen LogP contribution in [-0.2, 0) is 17.4 Å². The van der Waals surface area contributed by atoms with E-state index in [2.05, 4.69) is 10.3 Å². The molecule has 5 nitrogen and oxygen atoms in total. The Morgan fingerprint density at radius 2 is 1.71 bits per heavy atom. The molecule has 0 aliphatic carbocycles. The minimum absolute atomic E-state index is 0.0218. The molecule has 0 radical (unpaired) electrons. The maximum Gasteiger partial charge on any atom is 0.438 e. The number of aromatic nitrogens is 2. The van der Waals surface area contributed by atoms with E-state index in [1.54, 1.807) is 39.0 Å². The first-order chi connectivity index (χ1) is 14.6. The number of rotatable bonds is 5. The number of halogens is 3. The van der Waals surface area contributed by atoms with Crippen LogP contribution in [0.25, 0.3) is 11.0 Å². The quantitative estimate of drug-likeness (QED) is 0.605. The summed E-state index contributed by atoms with van der Waals surface area (Å²) in [6.07, 6.45) is -3.97. The third-order valence-corrected chi connectivity index (χ3v) is 5.40. The topological polar surface area (TPSA) is 64.0 Å². The molecule has 1 atom stereocenters. The third-order valence-electron chi connectivity index (χ3n) is 5.40. The van der Waals surface area contributed by atoms with E-state index in [1.165, 1.54) is 6.07 Å². The summed E-state index contributed by atoms with van der Waals surface area (Å²) in [4.78, 5) is 29.5. The van der Waals surface area contributed by atoms with Gasteiger partial charge in [0.2, 0.25) is 11.6 Å². The Labute approximate surface area is 177 Å². The first-order valence-corrected chi connectivity index (χ1v) is 10.1. The van der Waals surface area contributed by atoms with Gasteiger partial charge in [-0.2, -0.15) is 13.2 Å². The van der Waals surface area contributed by atoms with Crippen LogP contribution in [0, 0.1) is 13.8 Å². The van der Waals surface area contributed by atoms with Crippen LogP contribution >= 0.6 is 0 Å². The Morgan fingerprint density at radius 3 is 2.26 bits per heavy atom. The lowest BCUT2D eigenvalue weighted by Gasteiger charge is -2.22. The van der Waals surface area contributed by atoms with Crippen LogP contribution in [0.2, 0.25) is 0 Å². The molecule has 2 aromatic carbocycles. The number of hydrogen-bond acceptors (Lipinski definition) is 3. The van der Waals surface area contributed by atoms with Crippen LogP contribution < -0.4 is 10.9 Å². The number of anilines is 1. The second-order valence-corrected chi connectivity index (χ2v) is 7.52. The summed E-state index contributed by atoms with van der Waals surface area (Å²) in [6.45, 7) is 7.20. The van der Waals surface area contributed by atoms with Gasteiger partial charge in [-0.1, -0.05) is 26.0 Å². The van der Waals surface area contributed by atoms with Crippen molar-refractivity contribution in [2.75, 3.05) is 5.32 Å². The van der Waals surface area contributed by atoms with Gasteiger partial charge in [-0.3, -0.25) is 14.2 Å². The highest BCUT2D eigenvalue weighted by atomic mass is 19.4. The van der Waals surface area contributed by atoms with Gasteiger partial charge in [-0.25, -0.2) is 4.98 Å². The summed E-state index contributed by atoms with van der Waals surface area (Å²) in [7, 11) is 0. The maximum atomic E-state index is 13.5. The molecule has 164 valence electrons. The fourth-order valence-corrected chi connectivity index (χ4v) is 3.49. The van der Waals surface area contributed by atoms with Crippen molar-refractivity contribution in [1.82, 2.24) is 9.55 Å². The van der Waals surface area contributed by atoms with Crippen molar-refractivity contribution in [2.45, 2.75) is 52.8 Å². The van der Waals surface area contributed by atoms with Gasteiger partial charge in [0.25, 0.3) is 5.56 Å². The molecular weight excluding hydrogens is 407 g/mol. The summed E-state index contributed by atoms with van der Waals surface area (Å²) >= 11 is 0. The summed E-state index contributed by atoms with van der Waals surface area (Å²) in [5, 5.41) is 2.72. The monoisotopic (exact) mass is 431 g/mol. The Kier molecular flexibility index (Phi) is 6.20. The van der Waals surface area contributed by atoms with Crippen LogP contribution in [0.4, 0.5) is 18.9 Å². The number of aryl methyl sites for hydroxylation is 3. The third kappa shape index (κ3) is 4.47. The number of carbonyl (C=O) groups is 1. The highest BCUT2D eigenvalue weighted by Gasteiger charge is 2.38. The van der Waals surface area contributed by atoms with E-state index in [0.29, 0.717) is 5.69 Å². The minimum atomic E-state index is -4.93. The van der Waals surface area contributed by atoms with Gasteiger partial charge in [0.1, 0.15) is 6.04 Å². The predicted molar refractivity (Wildman–Crippen MR) is 114 cm³/mol. The summed E-state index contributed by atoms with van der Waals surface area (Å²) in [5.41, 5.74) is 0.489. The predicted octanol–water partition coefficient (Wildman–Crippen LogP) is 5.18. The molecular formula is C23H24F3N3O2. The Bertz CT molecular complexity index is 1180. The first-order valence-electron chi connectivity index (χ1n) is 10.1. The van der Waals surface area contributed by atoms with Gasteiger partial charge in [-0.15, -0.1) is 0 Å². The zero-order valence-corrected chi connectivity index (χ0v) is 17.8. The number of nitrogens with one attached hydrogen (secondary N) is 1. The Hall–Kier alpha value is -3.16. The fraction of sp³-hybridized carbons (Fsp3) is 0.348. The standard InChI is InChI=1S/C23H24F3N3O2/c1-5-15-7-9-16(10-8-15)27-21(30)18(6-2)29-19-12-14(4)13(3)11-17(19)28-20(22(29)31)23(24,25)26/h7-12,18H,5-6H2,1-4H3,(H,27,30).